The van der Waals surface area contributed by atoms with Gasteiger partial charge in [0.2, 0.25) is 5.91 Å². The zero-order chi connectivity index (χ0) is 20.7. The first kappa shape index (κ1) is 21.8. The fourth-order valence-corrected chi connectivity index (χ4v) is 3.23. The van der Waals surface area contributed by atoms with E-state index < -0.39 is 0 Å². The SMILES string of the molecule is CCOc1cc(Br)c(CC(=O)Nc2cccc(C(=O)NC)c2C)cc1OCC. The van der Waals surface area contributed by atoms with Gasteiger partial charge in [-0.05, 0) is 56.2 Å². The van der Waals surface area contributed by atoms with Crippen molar-refractivity contribution in [3.05, 3.63) is 51.5 Å². The van der Waals surface area contributed by atoms with Gasteiger partial charge in [-0.3, -0.25) is 9.59 Å². The van der Waals surface area contributed by atoms with Crippen LogP contribution in [0.2, 0.25) is 0 Å². The summed E-state index contributed by atoms with van der Waals surface area (Å²) in [7, 11) is 1.58. The number of halogens is 1. The van der Waals surface area contributed by atoms with E-state index in [1.807, 2.05) is 26.0 Å². The summed E-state index contributed by atoms with van der Waals surface area (Å²) in [6.45, 7) is 6.62. The molecule has 0 bridgehead atoms. The lowest BCUT2D eigenvalue weighted by Crippen LogP contribution is -2.21. The highest BCUT2D eigenvalue weighted by Crippen LogP contribution is 2.34. The molecule has 28 heavy (non-hydrogen) atoms. The van der Waals surface area contributed by atoms with Crippen molar-refractivity contribution < 1.29 is 19.1 Å². The largest absolute Gasteiger partial charge is 0.490 e. The van der Waals surface area contributed by atoms with Gasteiger partial charge in [0, 0.05) is 22.8 Å². The normalized spacial score (nSPS) is 10.3. The lowest BCUT2D eigenvalue weighted by Gasteiger charge is -2.15. The summed E-state index contributed by atoms with van der Waals surface area (Å²) in [5, 5.41) is 5.48. The van der Waals surface area contributed by atoms with Gasteiger partial charge in [-0.15, -0.1) is 0 Å². The molecule has 0 unspecified atom stereocenters. The number of hydrogen-bond acceptors (Lipinski definition) is 4. The van der Waals surface area contributed by atoms with Crippen molar-refractivity contribution in [2.45, 2.75) is 27.2 Å². The zero-order valence-electron chi connectivity index (χ0n) is 16.5. The molecular weight excluding hydrogens is 424 g/mol. The number of ether oxygens (including phenoxy) is 2. The Hall–Kier alpha value is -2.54. The first-order valence-electron chi connectivity index (χ1n) is 9.10. The molecule has 0 fully saturated rings. The molecule has 0 aliphatic heterocycles. The van der Waals surface area contributed by atoms with E-state index in [4.69, 9.17) is 9.47 Å². The van der Waals surface area contributed by atoms with E-state index in [0.29, 0.717) is 36.0 Å². The second-order valence-corrected chi connectivity index (χ2v) is 6.89. The van der Waals surface area contributed by atoms with E-state index >= 15 is 0 Å². The van der Waals surface area contributed by atoms with Gasteiger partial charge in [-0.25, -0.2) is 0 Å². The van der Waals surface area contributed by atoms with Crippen LogP contribution in [0.1, 0.15) is 35.3 Å². The Morgan fingerprint density at radius 1 is 1.07 bits per heavy atom. The number of benzene rings is 2. The molecule has 2 N–H and O–H groups in total. The maximum atomic E-state index is 12.6. The van der Waals surface area contributed by atoms with Gasteiger partial charge in [-0.1, -0.05) is 22.0 Å². The molecule has 0 saturated carbocycles. The van der Waals surface area contributed by atoms with Crippen LogP contribution < -0.4 is 20.1 Å². The number of amides is 2. The van der Waals surface area contributed by atoms with Crippen molar-refractivity contribution in [2.24, 2.45) is 0 Å². The maximum Gasteiger partial charge on any atom is 0.251 e. The highest BCUT2D eigenvalue weighted by molar-refractivity contribution is 9.10. The van der Waals surface area contributed by atoms with E-state index in [9.17, 15) is 9.59 Å². The van der Waals surface area contributed by atoms with E-state index in [0.717, 1.165) is 15.6 Å². The molecule has 0 spiro atoms. The molecular formula is C21H25BrN2O4. The van der Waals surface area contributed by atoms with Crippen molar-refractivity contribution in [3.63, 3.8) is 0 Å². The van der Waals surface area contributed by atoms with Crippen molar-refractivity contribution in [1.82, 2.24) is 5.32 Å². The van der Waals surface area contributed by atoms with Crippen LogP contribution in [0.25, 0.3) is 0 Å². The second-order valence-electron chi connectivity index (χ2n) is 6.04. The summed E-state index contributed by atoms with van der Waals surface area (Å²) in [6, 6.07) is 8.87. The molecule has 150 valence electrons. The summed E-state index contributed by atoms with van der Waals surface area (Å²) in [4.78, 5) is 24.5. The van der Waals surface area contributed by atoms with Crippen LogP contribution in [0, 0.1) is 6.92 Å². The quantitative estimate of drug-likeness (QED) is 0.637. The van der Waals surface area contributed by atoms with Crippen LogP contribution >= 0.6 is 15.9 Å². The molecule has 7 heteroatoms. The number of rotatable bonds is 8. The number of carbonyl (C=O) groups excluding carboxylic acids is 2. The van der Waals surface area contributed by atoms with Crippen molar-refractivity contribution in [2.75, 3.05) is 25.6 Å². The average Bonchev–Trinajstić information content (AvgIpc) is 2.66. The summed E-state index contributed by atoms with van der Waals surface area (Å²) in [5.74, 6) is 0.858. The lowest BCUT2D eigenvalue weighted by molar-refractivity contribution is -0.115. The highest BCUT2D eigenvalue weighted by Gasteiger charge is 2.16. The predicted octanol–water partition coefficient (Wildman–Crippen LogP) is 4.10. The third-order valence-corrected chi connectivity index (χ3v) is 4.88. The Kier molecular flexibility index (Phi) is 7.87. The highest BCUT2D eigenvalue weighted by atomic mass is 79.9. The molecule has 2 aromatic carbocycles. The fourth-order valence-electron chi connectivity index (χ4n) is 2.77. The Balaban J connectivity index is 2.21. The van der Waals surface area contributed by atoms with Crippen LogP contribution in [0.15, 0.2) is 34.8 Å². The average molecular weight is 449 g/mol. The van der Waals surface area contributed by atoms with Crippen LogP contribution in [0.4, 0.5) is 5.69 Å². The molecule has 2 aromatic rings. The van der Waals surface area contributed by atoms with Gasteiger partial charge in [-0.2, -0.15) is 0 Å². The van der Waals surface area contributed by atoms with Gasteiger partial charge in [0.05, 0.1) is 19.6 Å². The number of nitrogens with one attached hydrogen (secondary N) is 2. The lowest BCUT2D eigenvalue weighted by atomic mass is 10.1. The van der Waals surface area contributed by atoms with E-state index in [2.05, 4.69) is 26.6 Å². The smallest absolute Gasteiger partial charge is 0.251 e. The third kappa shape index (κ3) is 5.25. The second kappa shape index (κ2) is 10.1. The van der Waals surface area contributed by atoms with Crippen LogP contribution in [-0.2, 0) is 11.2 Å². The monoisotopic (exact) mass is 448 g/mol. The van der Waals surface area contributed by atoms with Gasteiger partial charge >= 0.3 is 0 Å². The molecule has 2 rings (SSSR count). The first-order chi connectivity index (χ1) is 13.4. The minimum atomic E-state index is -0.191. The Labute approximate surface area is 173 Å². The third-order valence-electron chi connectivity index (χ3n) is 4.14. The topological polar surface area (TPSA) is 76.7 Å². The molecule has 0 aromatic heterocycles. The molecule has 0 aliphatic carbocycles. The number of hydrogen-bond donors (Lipinski definition) is 2. The van der Waals surface area contributed by atoms with Gasteiger partial charge in [0.1, 0.15) is 0 Å². The molecule has 2 amide bonds. The molecule has 0 heterocycles. The molecule has 0 saturated heterocycles. The maximum absolute atomic E-state index is 12.6. The van der Waals surface area contributed by atoms with E-state index in [1.165, 1.54) is 0 Å². The predicted molar refractivity (Wildman–Crippen MR) is 113 cm³/mol. The zero-order valence-corrected chi connectivity index (χ0v) is 18.1. The van der Waals surface area contributed by atoms with Crippen molar-refractivity contribution in [3.8, 4) is 11.5 Å². The van der Waals surface area contributed by atoms with E-state index in [1.54, 1.807) is 32.2 Å². The number of carbonyl (C=O) groups is 2. The van der Waals surface area contributed by atoms with Crippen LogP contribution in [0.5, 0.6) is 11.5 Å². The molecule has 0 atom stereocenters. The minimum absolute atomic E-state index is 0.150. The Morgan fingerprint density at radius 2 is 1.71 bits per heavy atom. The van der Waals surface area contributed by atoms with Crippen molar-refractivity contribution >= 4 is 33.4 Å². The Bertz CT molecular complexity index is 868. The Morgan fingerprint density at radius 3 is 2.32 bits per heavy atom. The summed E-state index contributed by atoms with van der Waals surface area (Å²) in [6.07, 6.45) is 0.150. The summed E-state index contributed by atoms with van der Waals surface area (Å²) in [5.41, 5.74) is 2.64. The van der Waals surface area contributed by atoms with Crippen molar-refractivity contribution in [1.29, 1.82) is 0 Å². The number of anilines is 1. The fraction of sp³-hybridized carbons (Fsp3) is 0.333. The van der Waals surface area contributed by atoms with Crippen LogP contribution in [-0.4, -0.2) is 32.1 Å². The van der Waals surface area contributed by atoms with Crippen LogP contribution in [0.3, 0.4) is 0 Å². The first-order valence-corrected chi connectivity index (χ1v) is 9.90. The van der Waals surface area contributed by atoms with Gasteiger partial charge in [0.25, 0.3) is 5.91 Å². The van der Waals surface area contributed by atoms with Gasteiger partial charge < -0.3 is 20.1 Å². The van der Waals surface area contributed by atoms with Gasteiger partial charge in [0.15, 0.2) is 11.5 Å². The summed E-state index contributed by atoms with van der Waals surface area (Å²) < 4.78 is 12.0. The molecule has 6 nitrogen and oxygen atoms in total. The molecule has 0 radical (unpaired) electrons. The molecule has 0 aliphatic rings. The standard InChI is InChI=1S/C21H25BrN2O4/c1-5-27-18-10-14(16(22)12-19(18)28-6-2)11-20(25)24-17-9-7-8-15(13(17)3)21(26)23-4/h7-10,12H,5-6,11H2,1-4H3,(H,23,26)(H,24,25). The van der Waals surface area contributed by atoms with E-state index in [-0.39, 0.29) is 18.2 Å². The summed E-state index contributed by atoms with van der Waals surface area (Å²) >= 11 is 3.50. The minimum Gasteiger partial charge on any atom is -0.490 e.